The van der Waals surface area contributed by atoms with E-state index in [-0.39, 0.29) is 5.91 Å². The van der Waals surface area contributed by atoms with Crippen molar-refractivity contribution in [3.05, 3.63) is 118 Å². The first-order valence-corrected chi connectivity index (χ1v) is 13.1. The molecule has 7 nitrogen and oxygen atoms in total. The zero-order valence-electron chi connectivity index (χ0n) is 21.0. The summed E-state index contributed by atoms with van der Waals surface area (Å²) in [5, 5.41) is 9.67. The number of benzene rings is 3. The zero-order chi connectivity index (χ0) is 26.1. The van der Waals surface area contributed by atoms with Crippen LogP contribution in [0.1, 0.15) is 26.5 Å². The predicted octanol–water partition coefficient (Wildman–Crippen LogP) is 6.99. The van der Waals surface area contributed by atoms with Gasteiger partial charge in [-0.1, -0.05) is 42.5 Å². The fourth-order valence-electron chi connectivity index (χ4n) is 4.41. The van der Waals surface area contributed by atoms with E-state index in [4.69, 9.17) is 14.8 Å². The Morgan fingerprint density at radius 2 is 1.71 bits per heavy atom. The van der Waals surface area contributed by atoms with E-state index in [1.165, 1.54) is 11.3 Å². The number of thiophene rings is 1. The van der Waals surface area contributed by atoms with E-state index in [1.807, 2.05) is 104 Å². The Morgan fingerprint density at radius 1 is 0.921 bits per heavy atom. The molecule has 1 amide bonds. The SMILES string of the molecule is Cc1cc(NC(=O)c2sccc2C)n(-c2nc3ccccc3n2Cc2cccc(Oc3ccccc3)c2)n1. The number of anilines is 1. The number of imidazole rings is 1. The molecule has 0 aliphatic carbocycles. The minimum absolute atomic E-state index is 0.160. The number of carbonyl (C=O) groups is 1. The molecule has 0 unspecified atom stereocenters. The molecule has 6 aromatic rings. The Hall–Kier alpha value is -4.69. The molecule has 6 rings (SSSR count). The van der Waals surface area contributed by atoms with Crippen LogP contribution in [0.3, 0.4) is 0 Å². The van der Waals surface area contributed by atoms with Gasteiger partial charge in [-0.05, 0) is 72.8 Å². The normalized spacial score (nSPS) is 11.1. The van der Waals surface area contributed by atoms with Gasteiger partial charge in [-0.15, -0.1) is 11.3 Å². The molecule has 0 saturated heterocycles. The van der Waals surface area contributed by atoms with Gasteiger partial charge < -0.3 is 14.6 Å². The minimum atomic E-state index is -0.160. The van der Waals surface area contributed by atoms with Crippen LogP contribution in [0.5, 0.6) is 11.5 Å². The second-order valence-electron chi connectivity index (χ2n) is 9.02. The maximum Gasteiger partial charge on any atom is 0.267 e. The first-order chi connectivity index (χ1) is 18.5. The highest BCUT2D eigenvalue weighted by atomic mass is 32.1. The summed E-state index contributed by atoms with van der Waals surface area (Å²) >= 11 is 1.42. The molecule has 0 atom stereocenters. The fraction of sp³-hybridized carbons (Fsp3) is 0.100. The molecule has 8 heteroatoms. The molecule has 0 saturated carbocycles. The van der Waals surface area contributed by atoms with Crippen LogP contribution in [0.2, 0.25) is 0 Å². The van der Waals surface area contributed by atoms with E-state index in [0.29, 0.717) is 23.2 Å². The van der Waals surface area contributed by atoms with Crippen molar-refractivity contribution in [2.24, 2.45) is 0 Å². The molecule has 0 spiro atoms. The molecule has 0 radical (unpaired) electrons. The maximum atomic E-state index is 13.0. The number of aryl methyl sites for hydroxylation is 2. The lowest BCUT2D eigenvalue weighted by molar-refractivity contribution is 0.102. The number of amides is 1. The molecule has 0 bridgehead atoms. The van der Waals surface area contributed by atoms with Crippen molar-refractivity contribution >= 4 is 34.1 Å². The molecular weight excluding hydrogens is 494 g/mol. The third-order valence-electron chi connectivity index (χ3n) is 6.18. The summed E-state index contributed by atoms with van der Waals surface area (Å²) in [5.41, 5.74) is 4.59. The van der Waals surface area contributed by atoms with E-state index in [9.17, 15) is 4.79 Å². The molecule has 3 heterocycles. The van der Waals surface area contributed by atoms with Crippen molar-refractivity contribution in [2.75, 3.05) is 5.32 Å². The van der Waals surface area contributed by atoms with Gasteiger partial charge in [0.1, 0.15) is 17.3 Å². The molecule has 3 aromatic carbocycles. The van der Waals surface area contributed by atoms with Gasteiger partial charge in [0.15, 0.2) is 0 Å². The second kappa shape index (κ2) is 9.99. The summed E-state index contributed by atoms with van der Waals surface area (Å²) in [5.74, 6) is 2.57. The highest BCUT2D eigenvalue weighted by Gasteiger charge is 2.20. The lowest BCUT2D eigenvalue weighted by Crippen LogP contribution is -2.17. The van der Waals surface area contributed by atoms with E-state index in [2.05, 4.69) is 16.0 Å². The molecule has 0 fully saturated rings. The lowest BCUT2D eigenvalue weighted by atomic mass is 10.2. The topological polar surface area (TPSA) is 74.0 Å². The maximum absolute atomic E-state index is 13.0. The summed E-state index contributed by atoms with van der Waals surface area (Å²) in [6.07, 6.45) is 0. The number of hydrogen-bond acceptors (Lipinski definition) is 5. The number of rotatable bonds is 7. The quantitative estimate of drug-likeness (QED) is 0.247. The van der Waals surface area contributed by atoms with Crippen LogP contribution in [0.25, 0.3) is 17.0 Å². The van der Waals surface area contributed by atoms with Gasteiger partial charge in [0.25, 0.3) is 5.91 Å². The van der Waals surface area contributed by atoms with Gasteiger partial charge in [0, 0.05) is 6.07 Å². The number of aromatic nitrogens is 4. The van der Waals surface area contributed by atoms with Gasteiger partial charge in [-0.25, -0.2) is 4.98 Å². The van der Waals surface area contributed by atoms with E-state index in [1.54, 1.807) is 4.68 Å². The number of fused-ring (bicyclic) bond motifs is 1. The number of hydrogen-bond donors (Lipinski definition) is 1. The van der Waals surface area contributed by atoms with Crippen LogP contribution in [0.4, 0.5) is 5.82 Å². The van der Waals surface area contributed by atoms with Crippen molar-refractivity contribution in [3.63, 3.8) is 0 Å². The van der Waals surface area contributed by atoms with Crippen LogP contribution < -0.4 is 10.1 Å². The van der Waals surface area contributed by atoms with Crippen molar-refractivity contribution in [2.45, 2.75) is 20.4 Å². The van der Waals surface area contributed by atoms with Crippen LogP contribution in [0.15, 0.2) is 96.4 Å². The Kier molecular flexibility index (Phi) is 6.23. The van der Waals surface area contributed by atoms with Crippen molar-refractivity contribution in [1.82, 2.24) is 19.3 Å². The van der Waals surface area contributed by atoms with Gasteiger partial charge in [-0.3, -0.25) is 4.79 Å². The van der Waals surface area contributed by atoms with Crippen LogP contribution in [0, 0.1) is 13.8 Å². The number of para-hydroxylation sites is 3. The highest BCUT2D eigenvalue weighted by molar-refractivity contribution is 7.12. The zero-order valence-corrected chi connectivity index (χ0v) is 21.8. The molecule has 3 aromatic heterocycles. The average molecular weight is 520 g/mol. The molecule has 188 valence electrons. The summed E-state index contributed by atoms with van der Waals surface area (Å²) in [6.45, 7) is 4.38. The van der Waals surface area contributed by atoms with Crippen LogP contribution >= 0.6 is 11.3 Å². The molecule has 0 aliphatic rings. The number of nitrogens with one attached hydrogen (secondary N) is 1. The summed E-state index contributed by atoms with van der Waals surface area (Å²) < 4.78 is 9.88. The Labute approximate surface area is 224 Å². The molecule has 1 N–H and O–H groups in total. The Morgan fingerprint density at radius 3 is 2.53 bits per heavy atom. The molecular formula is C30H25N5O2S. The third-order valence-corrected chi connectivity index (χ3v) is 7.20. The molecule has 0 aliphatic heterocycles. The monoisotopic (exact) mass is 519 g/mol. The summed E-state index contributed by atoms with van der Waals surface area (Å²) in [6, 6.07) is 29.5. The smallest absolute Gasteiger partial charge is 0.267 e. The minimum Gasteiger partial charge on any atom is -0.457 e. The van der Waals surface area contributed by atoms with Crippen molar-refractivity contribution in [1.29, 1.82) is 0 Å². The Balaban J connectivity index is 1.38. The summed E-state index contributed by atoms with van der Waals surface area (Å²) in [4.78, 5) is 18.6. The van der Waals surface area contributed by atoms with Crippen molar-refractivity contribution in [3.8, 4) is 17.4 Å². The molecule has 38 heavy (non-hydrogen) atoms. The van der Waals surface area contributed by atoms with Gasteiger partial charge in [-0.2, -0.15) is 9.78 Å². The Bertz CT molecular complexity index is 1750. The van der Waals surface area contributed by atoms with E-state index < -0.39 is 0 Å². The summed E-state index contributed by atoms with van der Waals surface area (Å²) in [7, 11) is 0. The number of ether oxygens (including phenoxy) is 1. The van der Waals surface area contributed by atoms with Gasteiger partial charge in [0.2, 0.25) is 5.95 Å². The number of nitrogens with zero attached hydrogens (tertiary/aromatic N) is 4. The largest absolute Gasteiger partial charge is 0.457 e. The van der Waals surface area contributed by atoms with Gasteiger partial charge in [0.05, 0.1) is 28.1 Å². The average Bonchev–Trinajstić information content (AvgIpc) is 3.61. The standard InChI is InChI=1S/C30H25N5O2S/c1-20-15-16-38-28(20)29(36)32-27-17-21(2)33-35(27)30-31-25-13-6-7-14-26(25)34(30)19-22-9-8-12-24(18-22)37-23-10-4-3-5-11-23/h3-18H,19H2,1-2H3,(H,32,36). The van der Waals surface area contributed by atoms with Crippen LogP contribution in [-0.4, -0.2) is 25.2 Å². The van der Waals surface area contributed by atoms with Crippen molar-refractivity contribution < 1.29 is 9.53 Å². The van der Waals surface area contributed by atoms with E-state index in [0.717, 1.165) is 39.4 Å². The predicted molar refractivity (Wildman–Crippen MR) is 151 cm³/mol. The highest BCUT2D eigenvalue weighted by Crippen LogP contribution is 2.27. The van der Waals surface area contributed by atoms with Crippen LogP contribution in [-0.2, 0) is 6.54 Å². The lowest BCUT2D eigenvalue weighted by Gasteiger charge is -2.13. The fourth-order valence-corrected chi connectivity index (χ4v) is 5.23. The first-order valence-electron chi connectivity index (χ1n) is 12.2. The third kappa shape index (κ3) is 4.69. The number of carbonyl (C=O) groups excluding carboxylic acids is 1. The first kappa shape index (κ1) is 23.7. The second-order valence-corrected chi connectivity index (χ2v) is 9.93. The van der Waals surface area contributed by atoms with E-state index >= 15 is 0 Å². The van der Waals surface area contributed by atoms with Gasteiger partial charge >= 0.3 is 0 Å².